The molecule has 0 spiro atoms. The van der Waals surface area contributed by atoms with Crippen LogP contribution in [0.2, 0.25) is 0 Å². The number of carbonyl (C=O) groups is 3. The van der Waals surface area contributed by atoms with Crippen LogP contribution in [0.4, 0.5) is 18.0 Å². The molecule has 17 heavy (non-hydrogen) atoms. The van der Waals surface area contributed by atoms with Crippen LogP contribution in [0.15, 0.2) is 0 Å². The monoisotopic (exact) mass is 253 g/mol. The number of halogens is 3. The van der Waals surface area contributed by atoms with Crippen LogP contribution in [0.3, 0.4) is 0 Å². The van der Waals surface area contributed by atoms with Crippen LogP contribution in [-0.4, -0.2) is 36.6 Å². The van der Waals surface area contributed by atoms with E-state index in [9.17, 15) is 27.6 Å². The van der Waals surface area contributed by atoms with Gasteiger partial charge in [0.2, 0.25) is 11.8 Å². The zero-order valence-electron chi connectivity index (χ0n) is 8.56. The van der Waals surface area contributed by atoms with E-state index in [1.54, 1.807) is 5.32 Å². The lowest BCUT2D eigenvalue weighted by Crippen LogP contribution is -2.55. The summed E-state index contributed by atoms with van der Waals surface area (Å²) in [4.78, 5) is 32.9. The molecule has 1 saturated heterocycles. The minimum absolute atomic E-state index is 0.0377. The van der Waals surface area contributed by atoms with Crippen molar-refractivity contribution in [3.63, 3.8) is 0 Å². The fraction of sp³-hybridized carbons (Fsp3) is 0.625. The van der Waals surface area contributed by atoms with Crippen LogP contribution in [0.1, 0.15) is 12.8 Å². The zero-order chi connectivity index (χ0) is 13.1. The molecule has 0 aromatic heterocycles. The Hall–Kier alpha value is -1.80. The van der Waals surface area contributed by atoms with Crippen molar-refractivity contribution >= 4 is 17.8 Å². The number of carbonyl (C=O) groups excluding carboxylic acids is 3. The van der Waals surface area contributed by atoms with Crippen molar-refractivity contribution in [1.82, 2.24) is 16.0 Å². The van der Waals surface area contributed by atoms with E-state index >= 15 is 0 Å². The first-order valence-electron chi connectivity index (χ1n) is 4.73. The topological polar surface area (TPSA) is 87.3 Å². The number of hydrogen-bond acceptors (Lipinski definition) is 3. The largest absolute Gasteiger partial charge is 0.405 e. The molecule has 1 aliphatic rings. The van der Waals surface area contributed by atoms with Crippen molar-refractivity contribution in [2.45, 2.75) is 25.1 Å². The van der Waals surface area contributed by atoms with Crippen molar-refractivity contribution < 1.29 is 27.6 Å². The third-order valence-corrected chi connectivity index (χ3v) is 1.99. The Morgan fingerprint density at radius 2 is 2.06 bits per heavy atom. The molecule has 1 heterocycles. The number of urea groups is 1. The highest BCUT2D eigenvalue weighted by Crippen LogP contribution is 2.12. The first kappa shape index (κ1) is 13.3. The van der Waals surface area contributed by atoms with Gasteiger partial charge in [0.25, 0.3) is 0 Å². The van der Waals surface area contributed by atoms with E-state index in [1.165, 1.54) is 0 Å². The van der Waals surface area contributed by atoms with Crippen LogP contribution >= 0.6 is 0 Å². The Morgan fingerprint density at radius 1 is 1.41 bits per heavy atom. The van der Waals surface area contributed by atoms with E-state index in [1.807, 2.05) is 10.6 Å². The van der Waals surface area contributed by atoms with Gasteiger partial charge < -0.3 is 10.6 Å². The molecule has 3 N–H and O–H groups in total. The van der Waals surface area contributed by atoms with E-state index < -0.39 is 36.6 Å². The Balaban J connectivity index is 2.36. The zero-order valence-corrected chi connectivity index (χ0v) is 8.56. The first-order valence-corrected chi connectivity index (χ1v) is 4.73. The maximum atomic E-state index is 11.8. The molecular weight excluding hydrogens is 243 g/mol. The minimum Gasteiger partial charge on any atom is -0.329 e. The number of amides is 4. The summed E-state index contributed by atoms with van der Waals surface area (Å²) >= 11 is 0. The molecule has 0 aliphatic carbocycles. The Labute approximate surface area is 93.9 Å². The summed E-state index contributed by atoms with van der Waals surface area (Å²) in [6.07, 6.45) is -4.40. The fourth-order valence-corrected chi connectivity index (χ4v) is 1.22. The summed E-state index contributed by atoms with van der Waals surface area (Å²) in [5, 5.41) is 5.57. The molecule has 4 amide bonds. The van der Waals surface area contributed by atoms with Crippen molar-refractivity contribution in [3.8, 4) is 0 Å². The van der Waals surface area contributed by atoms with Crippen LogP contribution < -0.4 is 16.0 Å². The molecule has 0 aromatic carbocycles. The quantitative estimate of drug-likeness (QED) is 0.588. The highest BCUT2D eigenvalue weighted by atomic mass is 19.4. The lowest BCUT2D eigenvalue weighted by atomic mass is 10.1. The van der Waals surface area contributed by atoms with Gasteiger partial charge in [-0.1, -0.05) is 0 Å². The van der Waals surface area contributed by atoms with Gasteiger partial charge in [0.15, 0.2) is 0 Å². The number of alkyl halides is 3. The molecule has 0 bridgehead atoms. The number of imide groups is 1. The molecule has 6 nitrogen and oxygen atoms in total. The summed E-state index contributed by atoms with van der Waals surface area (Å²) in [6.45, 7) is -1.48. The second-order valence-corrected chi connectivity index (χ2v) is 3.45. The second-order valence-electron chi connectivity index (χ2n) is 3.45. The van der Waals surface area contributed by atoms with Crippen molar-refractivity contribution in [2.24, 2.45) is 0 Å². The van der Waals surface area contributed by atoms with Crippen LogP contribution in [0.5, 0.6) is 0 Å². The van der Waals surface area contributed by atoms with Gasteiger partial charge in [-0.05, 0) is 6.42 Å². The average Bonchev–Trinajstić information content (AvgIpc) is 2.18. The normalized spacial score (nSPS) is 20.8. The Morgan fingerprint density at radius 3 is 2.59 bits per heavy atom. The molecule has 0 radical (unpaired) electrons. The number of piperidine rings is 1. The average molecular weight is 253 g/mol. The number of nitrogens with one attached hydrogen (secondary N) is 3. The molecule has 0 aromatic rings. The van der Waals surface area contributed by atoms with Gasteiger partial charge in [0.05, 0.1) is 0 Å². The third-order valence-electron chi connectivity index (χ3n) is 1.99. The summed E-state index contributed by atoms with van der Waals surface area (Å²) in [5.74, 6) is -1.19. The predicted molar refractivity (Wildman–Crippen MR) is 48.8 cm³/mol. The molecule has 0 saturated carbocycles. The first-order chi connectivity index (χ1) is 7.78. The van der Waals surface area contributed by atoms with Crippen LogP contribution in [0.25, 0.3) is 0 Å². The summed E-state index contributed by atoms with van der Waals surface area (Å²) in [5.41, 5.74) is 0. The van der Waals surface area contributed by atoms with Crippen molar-refractivity contribution in [3.05, 3.63) is 0 Å². The predicted octanol–water partition coefficient (Wildman–Crippen LogP) is -0.347. The summed E-state index contributed by atoms with van der Waals surface area (Å²) in [6, 6.07) is -2.09. The van der Waals surface area contributed by atoms with Gasteiger partial charge in [-0.15, -0.1) is 0 Å². The molecule has 1 rings (SSSR count). The maximum Gasteiger partial charge on any atom is 0.405 e. The van der Waals surface area contributed by atoms with E-state index in [4.69, 9.17) is 0 Å². The van der Waals surface area contributed by atoms with Gasteiger partial charge >= 0.3 is 12.2 Å². The van der Waals surface area contributed by atoms with Crippen molar-refractivity contribution in [2.75, 3.05) is 6.54 Å². The van der Waals surface area contributed by atoms with E-state index in [0.29, 0.717) is 0 Å². The smallest absolute Gasteiger partial charge is 0.329 e. The summed E-state index contributed by atoms with van der Waals surface area (Å²) in [7, 11) is 0. The number of hydrogen-bond donors (Lipinski definition) is 3. The SMILES string of the molecule is O=C1CCC(NC(=O)NCC(F)(F)F)C(=O)N1. The Kier molecular flexibility index (Phi) is 3.92. The van der Waals surface area contributed by atoms with E-state index in [0.717, 1.165) is 0 Å². The molecule has 1 aliphatic heterocycles. The van der Waals surface area contributed by atoms with E-state index in [2.05, 4.69) is 0 Å². The molecule has 1 atom stereocenters. The van der Waals surface area contributed by atoms with Gasteiger partial charge in [-0.2, -0.15) is 13.2 Å². The van der Waals surface area contributed by atoms with Crippen LogP contribution in [-0.2, 0) is 9.59 Å². The van der Waals surface area contributed by atoms with Gasteiger partial charge in [-0.3, -0.25) is 14.9 Å². The third kappa shape index (κ3) is 4.70. The van der Waals surface area contributed by atoms with Gasteiger partial charge in [0.1, 0.15) is 12.6 Å². The molecule has 96 valence electrons. The number of rotatable bonds is 2. The standard InChI is InChI=1S/C8H10F3N3O3/c9-8(10,11)3-12-7(17)13-4-1-2-5(15)14-6(4)16/h4H,1-3H2,(H2,12,13,17)(H,14,15,16). The highest BCUT2D eigenvalue weighted by Gasteiger charge is 2.30. The van der Waals surface area contributed by atoms with Crippen molar-refractivity contribution in [1.29, 1.82) is 0 Å². The second kappa shape index (κ2) is 5.02. The minimum atomic E-state index is -4.51. The van der Waals surface area contributed by atoms with Crippen LogP contribution in [0, 0.1) is 0 Å². The lowest BCUT2D eigenvalue weighted by molar-refractivity contribution is -0.134. The lowest BCUT2D eigenvalue weighted by Gasteiger charge is -2.22. The Bertz CT molecular complexity index is 343. The van der Waals surface area contributed by atoms with Gasteiger partial charge in [-0.25, -0.2) is 4.79 Å². The maximum absolute atomic E-state index is 11.8. The van der Waals surface area contributed by atoms with Gasteiger partial charge in [0, 0.05) is 6.42 Å². The molecule has 9 heteroatoms. The summed E-state index contributed by atoms with van der Waals surface area (Å²) < 4.78 is 35.3. The highest BCUT2D eigenvalue weighted by molar-refractivity contribution is 6.01. The fourth-order valence-electron chi connectivity index (χ4n) is 1.22. The molecule has 1 fully saturated rings. The molecule has 1 unspecified atom stereocenters. The van der Waals surface area contributed by atoms with E-state index in [-0.39, 0.29) is 12.8 Å². The molecular formula is C8H10F3N3O3.